The average Bonchev–Trinajstić information content (AvgIpc) is 2.37. The van der Waals surface area contributed by atoms with E-state index >= 15 is 0 Å². The molecule has 2 N–H and O–H groups in total. The van der Waals surface area contributed by atoms with Crippen molar-refractivity contribution in [2.24, 2.45) is 5.92 Å². The van der Waals surface area contributed by atoms with Crippen molar-refractivity contribution in [1.82, 2.24) is 5.32 Å². The Morgan fingerprint density at radius 2 is 2.05 bits per heavy atom. The highest BCUT2D eigenvalue weighted by atomic mass is 16.3. The third kappa shape index (κ3) is 4.05. The zero-order valence-electron chi connectivity index (χ0n) is 12.4. The predicted octanol–water partition coefficient (Wildman–Crippen LogP) is 3.59. The number of aryl methyl sites for hydroxylation is 1. The molecule has 2 nitrogen and oxygen atoms in total. The molecular weight excluding hydrogens is 234 g/mol. The highest BCUT2D eigenvalue weighted by molar-refractivity contribution is 5.23. The molecule has 3 atom stereocenters. The van der Waals surface area contributed by atoms with Gasteiger partial charge in [0.25, 0.3) is 0 Å². The second-order valence-corrected chi connectivity index (χ2v) is 6.44. The Labute approximate surface area is 117 Å². The fraction of sp³-hybridized carbons (Fsp3) is 0.647. The van der Waals surface area contributed by atoms with Crippen LogP contribution < -0.4 is 5.32 Å². The minimum absolute atomic E-state index is 0.293. The van der Waals surface area contributed by atoms with Crippen LogP contribution in [-0.2, 0) is 0 Å². The van der Waals surface area contributed by atoms with E-state index in [9.17, 15) is 5.11 Å². The van der Waals surface area contributed by atoms with Crippen molar-refractivity contribution in [3.63, 3.8) is 0 Å². The molecule has 0 aromatic heterocycles. The highest BCUT2D eigenvalue weighted by Crippen LogP contribution is 2.32. The molecule has 1 aliphatic carbocycles. The lowest BCUT2D eigenvalue weighted by Crippen LogP contribution is -2.44. The molecular formula is C17H27NO. The largest absolute Gasteiger partial charge is 0.389 e. The number of aliphatic hydroxyl groups is 1. The third-order valence-electron chi connectivity index (χ3n) is 4.38. The maximum atomic E-state index is 10.6. The van der Waals surface area contributed by atoms with Gasteiger partial charge in [-0.05, 0) is 38.2 Å². The third-order valence-corrected chi connectivity index (χ3v) is 4.38. The van der Waals surface area contributed by atoms with Crippen molar-refractivity contribution in [2.75, 3.05) is 6.54 Å². The molecule has 0 amide bonds. The van der Waals surface area contributed by atoms with Gasteiger partial charge in [-0.15, -0.1) is 0 Å². The van der Waals surface area contributed by atoms with Crippen molar-refractivity contribution < 1.29 is 5.11 Å². The van der Waals surface area contributed by atoms with Crippen molar-refractivity contribution in [2.45, 2.75) is 58.1 Å². The molecule has 0 saturated heterocycles. The van der Waals surface area contributed by atoms with E-state index in [0.29, 0.717) is 18.5 Å². The van der Waals surface area contributed by atoms with E-state index < -0.39 is 5.60 Å². The summed E-state index contributed by atoms with van der Waals surface area (Å²) in [6, 6.07) is 8.92. The van der Waals surface area contributed by atoms with Crippen molar-refractivity contribution in [3.8, 4) is 0 Å². The summed E-state index contributed by atoms with van der Waals surface area (Å²) in [6.07, 6.45) is 4.28. The lowest BCUT2D eigenvalue weighted by atomic mass is 9.79. The first-order valence-electron chi connectivity index (χ1n) is 7.51. The van der Waals surface area contributed by atoms with Crippen LogP contribution in [0.5, 0.6) is 0 Å². The average molecular weight is 261 g/mol. The summed E-state index contributed by atoms with van der Waals surface area (Å²) >= 11 is 0. The van der Waals surface area contributed by atoms with Crippen LogP contribution in [0.1, 0.15) is 56.7 Å². The number of hydrogen-bond donors (Lipinski definition) is 2. The first-order valence-corrected chi connectivity index (χ1v) is 7.51. The Morgan fingerprint density at radius 3 is 2.68 bits per heavy atom. The van der Waals surface area contributed by atoms with Crippen molar-refractivity contribution in [1.29, 1.82) is 0 Å². The Hall–Kier alpha value is -0.860. The maximum Gasteiger partial charge on any atom is 0.0774 e. The maximum absolute atomic E-state index is 10.6. The minimum atomic E-state index is -0.503. The topological polar surface area (TPSA) is 32.3 Å². The number of benzene rings is 1. The Bertz CT molecular complexity index is 400. The molecule has 1 fully saturated rings. The van der Waals surface area contributed by atoms with E-state index in [1.807, 2.05) is 0 Å². The monoisotopic (exact) mass is 261 g/mol. The lowest BCUT2D eigenvalue weighted by molar-refractivity contribution is -0.0134. The predicted molar refractivity (Wildman–Crippen MR) is 80.2 cm³/mol. The Balaban J connectivity index is 1.89. The highest BCUT2D eigenvalue weighted by Gasteiger charge is 2.32. The number of hydrogen-bond acceptors (Lipinski definition) is 2. The van der Waals surface area contributed by atoms with E-state index in [1.54, 1.807) is 0 Å². The fourth-order valence-electron chi connectivity index (χ4n) is 3.11. The minimum Gasteiger partial charge on any atom is -0.389 e. The second kappa shape index (κ2) is 6.06. The molecule has 0 spiro atoms. The molecule has 0 bridgehead atoms. The first-order chi connectivity index (χ1) is 8.98. The van der Waals surface area contributed by atoms with Gasteiger partial charge in [-0.1, -0.05) is 49.6 Å². The summed E-state index contributed by atoms with van der Waals surface area (Å²) in [5.74, 6) is 0.648. The second-order valence-electron chi connectivity index (χ2n) is 6.44. The van der Waals surface area contributed by atoms with Crippen LogP contribution in [0.25, 0.3) is 0 Å². The summed E-state index contributed by atoms with van der Waals surface area (Å²) < 4.78 is 0. The molecule has 1 aromatic carbocycles. The molecule has 19 heavy (non-hydrogen) atoms. The van der Waals surface area contributed by atoms with Crippen LogP contribution in [0, 0.1) is 12.8 Å². The van der Waals surface area contributed by atoms with Crippen molar-refractivity contribution in [3.05, 3.63) is 35.4 Å². The molecule has 0 heterocycles. The zero-order chi connectivity index (χ0) is 13.9. The molecule has 3 unspecified atom stereocenters. The molecule has 1 aromatic rings. The Kier molecular flexibility index (Phi) is 4.64. The normalized spacial score (nSPS) is 29.2. The van der Waals surface area contributed by atoms with Gasteiger partial charge in [-0.3, -0.25) is 0 Å². The molecule has 2 rings (SSSR count). The van der Waals surface area contributed by atoms with Gasteiger partial charge in [-0.25, -0.2) is 0 Å². The number of nitrogens with one attached hydrogen (secondary N) is 1. The summed E-state index contributed by atoms with van der Waals surface area (Å²) in [5, 5.41) is 14.1. The molecule has 1 aliphatic rings. The van der Waals surface area contributed by atoms with Gasteiger partial charge in [0.15, 0.2) is 0 Å². The standard InChI is InChI=1S/C17H27NO/c1-13-6-8-16(9-7-13)15(3)18-12-17(19)10-4-5-14(2)11-17/h6-9,14-15,18-19H,4-5,10-12H2,1-3H3. The van der Waals surface area contributed by atoms with Crippen LogP contribution in [0.4, 0.5) is 0 Å². The summed E-state index contributed by atoms with van der Waals surface area (Å²) in [5.41, 5.74) is 2.07. The van der Waals surface area contributed by atoms with Crippen LogP contribution in [-0.4, -0.2) is 17.3 Å². The SMILES string of the molecule is Cc1ccc(C(C)NCC2(O)CCCC(C)C2)cc1. The smallest absolute Gasteiger partial charge is 0.0774 e. The van der Waals surface area contributed by atoms with Crippen LogP contribution in [0.3, 0.4) is 0 Å². The van der Waals surface area contributed by atoms with E-state index in [2.05, 4.69) is 50.4 Å². The van der Waals surface area contributed by atoms with Crippen LogP contribution >= 0.6 is 0 Å². The first kappa shape index (κ1) is 14.5. The summed E-state index contributed by atoms with van der Waals surface area (Å²) in [6.45, 7) is 7.22. The fourth-order valence-corrected chi connectivity index (χ4v) is 3.11. The van der Waals surface area contributed by atoms with Crippen LogP contribution in [0.2, 0.25) is 0 Å². The quantitative estimate of drug-likeness (QED) is 0.868. The van der Waals surface area contributed by atoms with Gasteiger partial charge < -0.3 is 10.4 Å². The summed E-state index contributed by atoms with van der Waals surface area (Å²) in [7, 11) is 0. The molecule has 0 aliphatic heterocycles. The van der Waals surface area contributed by atoms with Gasteiger partial charge in [0.05, 0.1) is 5.60 Å². The van der Waals surface area contributed by atoms with Gasteiger partial charge >= 0.3 is 0 Å². The van der Waals surface area contributed by atoms with Gasteiger partial charge in [0.1, 0.15) is 0 Å². The van der Waals surface area contributed by atoms with Gasteiger partial charge in [-0.2, -0.15) is 0 Å². The molecule has 106 valence electrons. The lowest BCUT2D eigenvalue weighted by Gasteiger charge is -2.36. The van der Waals surface area contributed by atoms with Crippen LogP contribution in [0.15, 0.2) is 24.3 Å². The van der Waals surface area contributed by atoms with E-state index in [-0.39, 0.29) is 0 Å². The van der Waals surface area contributed by atoms with E-state index in [4.69, 9.17) is 0 Å². The van der Waals surface area contributed by atoms with E-state index in [0.717, 1.165) is 19.3 Å². The molecule has 1 saturated carbocycles. The molecule has 2 heteroatoms. The molecule has 0 radical (unpaired) electrons. The van der Waals surface area contributed by atoms with Gasteiger partial charge in [0, 0.05) is 12.6 Å². The number of rotatable bonds is 4. The van der Waals surface area contributed by atoms with Crippen molar-refractivity contribution >= 4 is 0 Å². The zero-order valence-corrected chi connectivity index (χ0v) is 12.4. The summed E-state index contributed by atoms with van der Waals surface area (Å²) in [4.78, 5) is 0. The van der Waals surface area contributed by atoms with Gasteiger partial charge in [0.2, 0.25) is 0 Å². The Morgan fingerprint density at radius 1 is 1.37 bits per heavy atom. The van der Waals surface area contributed by atoms with E-state index in [1.165, 1.54) is 17.5 Å².